The summed E-state index contributed by atoms with van der Waals surface area (Å²) >= 11 is 3.33. The molecular formula is C24H23N3OS2. The van der Waals surface area contributed by atoms with Crippen LogP contribution >= 0.6 is 22.7 Å². The van der Waals surface area contributed by atoms with Gasteiger partial charge in [0.2, 0.25) is 0 Å². The maximum atomic E-state index is 12.8. The Morgan fingerprint density at radius 3 is 2.63 bits per heavy atom. The molecule has 3 heterocycles. The first-order chi connectivity index (χ1) is 14.6. The Balaban J connectivity index is 1.71. The summed E-state index contributed by atoms with van der Waals surface area (Å²) in [5.41, 5.74) is 2.86. The quantitative estimate of drug-likeness (QED) is 0.348. The molecule has 0 aliphatic rings. The van der Waals surface area contributed by atoms with Crippen LogP contribution in [0.5, 0.6) is 0 Å². The fourth-order valence-electron chi connectivity index (χ4n) is 3.23. The molecule has 0 saturated carbocycles. The van der Waals surface area contributed by atoms with Gasteiger partial charge >= 0.3 is 0 Å². The smallest absolute Gasteiger partial charge is 0.256 e. The third kappa shape index (κ3) is 4.61. The van der Waals surface area contributed by atoms with Gasteiger partial charge in [0.25, 0.3) is 5.91 Å². The van der Waals surface area contributed by atoms with Crippen LogP contribution in [0.4, 0.5) is 10.8 Å². The molecule has 0 radical (unpaired) electrons. The SMILES string of the molecule is CCc1cc([C@H](Nc2cc(C)ccn2)c2cccs2)c(NC(=O)c2ccccc2)s1. The molecule has 3 aromatic heterocycles. The molecule has 30 heavy (non-hydrogen) atoms. The lowest BCUT2D eigenvalue weighted by Crippen LogP contribution is -2.16. The molecule has 0 spiro atoms. The van der Waals surface area contributed by atoms with Crippen molar-refractivity contribution < 1.29 is 4.79 Å². The molecular weight excluding hydrogens is 410 g/mol. The molecule has 6 heteroatoms. The van der Waals surface area contributed by atoms with E-state index < -0.39 is 0 Å². The second kappa shape index (κ2) is 9.24. The van der Waals surface area contributed by atoms with E-state index in [1.807, 2.05) is 54.7 Å². The van der Waals surface area contributed by atoms with Gasteiger partial charge < -0.3 is 10.6 Å². The Hall–Kier alpha value is -2.96. The van der Waals surface area contributed by atoms with Crippen molar-refractivity contribution in [3.05, 3.63) is 98.7 Å². The highest BCUT2D eigenvalue weighted by Crippen LogP contribution is 2.39. The first-order valence-corrected chi connectivity index (χ1v) is 11.5. The molecule has 0 fully saturated rings. The number of benzene rings is 1. The van der Waals surface area contributed by atoms with Gasteiger partial charge in [-0.3, -0.25) is 4.79 Å². The van der Waals surface area contributed by atoms with Crippen LogP contribution in [0.3, 0.4) is 0 Å². The Labute approximate surface area is 184 Å². The highest BCUT2D eigenvalue weighted by Gasteiger charge is 2.23. The van der Waals surface area contributed by atoms with Crippen molar-refractivity contribution in [2.24, 2.45) is 0 Å². The van der Waals surface area contributed by atoms with Crippen molar-refractivity contribution in [3.63, 3.8) is 0 Å². The van der Waals surface area contributed by atoms with Crippen LogP contribution in [0, 0.1) is 6.92 Å². The number of rotatable bonds is 7. The van der Waals surface area contributed by atoms with Crippen molar-refractivity contribution >= 4 is 39.4 Å². The van der Waals surface area contributed by atoms with E-state index in [-0.39, 0.29) is 11.9 Å². The van der Waals surface area contributed by atoms with Crippen molar-refractivity contribution in [2.45, 2.75) is 26.3 Å². The van der Waals surface area contributed by atoms with E-state index in [4.69, 9.17) is 0 Å². The van der Waals surface area contributed by atoms with E-state index in [9.17, 15) is 4.79 Å². The number of carbonyl (C=O) groups excluding carboxylic acids is 1. The lowest BCUT2D eigenvalue weighted by atomic mass is 10.1. The number of nitrogens with zero attached hydrogens (tertiary/aromatic N) is 1. The lowest BCUT2D eigenvalue weighted by Gasteiger charge is -2.19. The number of amides is 1. The van der Waals surface area contributed by atoms with E-state index in [0.29, 0.717) is 5.56 Å². The standard InChI is InChI=1S/C24H23N3OS2/c1-3-18-15-19(24(30-18)27-23(28)17-8-5-4-6-9-17)22(20-10-7-13-29-20)26-21-14-16(2)11-12-25-21/h4-15,22H,3H2,1-2H3,(H,25,26)(H,27,28)/t22-/m0/s1. The van der Waals surface area contributed by atoms with Gasteiger partial charge in [-0.2, -0.15) is 0 Å². The van der Waals surface area contributed by atoms with E-state index >= 15 is 0 Å². The van der Waals surface area contributed by atoms with Gasteiger partial charge in [0.1, 0.15) is 10.8 Å². The second-order valence-electron chi connectivity index (χ2n) is 6.98. The van der Waals surface area contributed by atoms with Crippen molar-refractivity contribution in [1.29, 1.82) is 0 Å². The average Bonchev–Trinajstić information content (AvgIpc) is 3.43. The number of aryl methyl sites for hydroxylation is 2. The second-order valence-corrected chi connectivity index (χ2v) is 9.10. The molecule has 0 bridgehead atoms. The highest BCUT2D eigenvalue weighted by atomic mass is 32.1. The summed E-state index contributed by atoms with van der Waals surface area (Å²) in [6, 6.07) is 19.6. The zero-order valence-electron chi connectivity index (χ0n) is 16.9. The first kappa shape index (κ1) is 20.3. The minimum atomic E-state index is -0.0973. The van der Waals surface area contributed by atoms with Crippen LogP contribution < -0.4 is 10.6 Å². The monoisotopic (exact) mass is 433 g/mol. The van der Waals surface area contributed by atoms with E-state index in [1.165, 1.54) is 9.75 Å². The van der Waals surface area contributed by atoms with Gasteiger partial charge in [-0.25, -0.2) is 4.98 Å². The number of pyridine rings is 1. The van der Waals surface area contributed by atoms with Gasteiger partial charge in [-0.05, 0) is 60.7 Å². The van der Waals surface area contributed by atoms with Gasteiger partial charge in [0, 0.05) is 27.1 Å². The van der Waals surface area contributed by atoms with E-state index in [2.05, 4.69) is 47.0 Å². The molecule has 0 unspecified atom stereocenters. The first-order valence-electron chi connectivity index (χ1n) is 9.85. The minimum absolute atomic E-state index is 0.0954. The minimum Gasteiger partial charge on any atom is -0.358 e. The molecule has 2 N–H and O–H groups in total. The number of thiophene rings is 2. The summed E-state index contributed by atoms with van der Waals surface area (Å²) in [5, 5.41) is 9.68. The fourth-order valence-corrected chi connectivity index (χ4v) is 5.05. The summed E-state index contributed by atoms with van der Waals surface area (Å²) in [6.45, 7) is 4.19. The molecule has 152 valence electrons. The zero-order valence-corrected chi connectivity index (χ0v) is 18.5. The largest absolute Gasteiger partial charge is 0.358 e. The maximum Gasteiger partial charge on any atom is 0.256 e. The molecule has 1 aromatic carbocycles. The number of hydrogen-bond donors (Lipinski definition) is 2. The van der Waals surface area contributed by atoms with Crippen LogP contribution in [-0.2, 0) is 6.42 Å². The van der Waals surface area contributed by atoms with E-state index in [0.717, 1.165) is 28.4 Å². The molecule has 1 amide bonds. The number of aromatic nitrogens is 1. The van der Waals surface area contributed by atoms with Crippen LogP contribution in [0.2, 0.25) is 0 Å². The molecule has 0 aliphatic carbocycles. The molecule has 4 aromatic rings. The van der Waals surface area contributed by atoms with Gasteiger partial charge in [0.15, 0.2) is 0 Å². The Kier molecular flexibility index (Phi) is 6.26. The van der Waals surface area contributed by atoms with Crippen LogP contribution in [0.25, 0.3) is 0 Å². The normalized spacial score (nSPS) is 11.8. The zero-order chi connectivity index (χ0) is 20.9. The fraction of sp³-hybridized carbons (Fsp3) is 0.167. The Bertz CT molecular complexity index is 1120. The van der Waals surface area contributed by atoms with Crippen LogP contribution in [-0.4, -0.2) is 10.9 Å². The van der Waals surface area contributed by atoms with Gasteiger partial charge in [-0.15, -0.1) is 22.7 Å². The molecule has 4 nitrogen and oxygen atoms in total. The van der Waals surface area contributed by atoms with Crippen LogP contribution in [0.1, 0.15) is 44.2 Å². The lowest BCUT2D eigenvalue weighted by molar-refractivity contribution is 0.102. The van der Waals surface area contributed by atoms with Crippen molar-refractivity contribution in [1.82, 2.24) is 4.98 Å². The average molecular weight is 434 g/mol. The summed E-state index contributed by atoms with van der Waals surface area (Å²) in [7, 11) is 0. The molecule has 0 aliphatic heterocycles. The predicted molar refractivity (Wildman–Crippen MR) is 127 cm³/mol. The molecule has 1 atom stereocenters. The van der Waals surface area contributed by atoms with Gasteiger partial charge in [0.05, 0.1) is 6.04 Å². The van der Waals surface area contributed by atoms with Gasteiger partial charge in [-0.1, -0.05) is 31.2 Å². The third-order valence-corrected chi connectivity index (χ3v) is 6.92. The molecule has 0 saturated heterocycles. The molecule has 4 rings (SSSR count). The Morgan fingerprint density at radius 2 is 1.93 bits per heavy atom. The topological polar surface area (TPSA) is 54.0 Å². The van der Waals surface area contributed by atoms with Crippen molar-refractivity contribution in [3.8, 4) is 0 Å². The highest BCUT2D eigenvalue weighted by molar-refractivity contribution is 7.16. The Morgan fingerprint density at radius 1 is 1.10 bits per heavy atom. The predicted octanol–water partition coefficient (Wildman–Crippen LogP) is 6.53. The number of hydrogen-bond acceptors (Lipinski definition) is 5. The summed E-state index contributed by atoms with van der Waals surface area (Å²) in [6.07, 6.45) is 2.73. The van der Waals surface area contributed by atoms with Crippen LogP contribution in [0.15, 0.2) is 72.2 Å². The number of carbonyl (C=O) groups is 1. The third-order valence-electron chi connectivity index (χ3n) is 4.77. The number of nitrogens with one attached hydrogen (secondary N) is 2. The van der Waals surface area contributed by atoms with E-state index in [1.54, 1.807) is 22.7 Å². The summed E-state index contributed by atoms with van der Waals surface area (Å²) < 4.78 is 0. The van der Waals surface area contributed by atoms with Crippen molar-refractivity contribution in [2.75, 3.05) is 10.6 Å². The number of anilines is 2. The summed E-state index contributed by atoms with van der Waals surface area (Å²) in [4.78, 5) is 19.7. The summed E-state index contributed by atoms with van der Waals surface area (Å²) in [5.74, 6) is 0.720. The maximum absolute atomic E-state index is 12.8.